The zero-order valence-corrected chi connectivity index (χ0v) is 9.10. The van der Waals surface area contributed by atoms with E-state index in [1.165, 1.54) is 45.1 Å². The van der Waals surface area contributed by atoms with Crippen LogP contribution in [0.5, 0.6) is 0 Å². The second-order valence-corrected chi connectivity index (χ2v) is 5.48. The first kappa shape index (κ1) is 9.51. The summed E-state index contributed by atoms with van der Waals surface area (Å²) in [4.78, 5) is 0. The summed E-state index contributed by atoms with van der Waals surface area (Å²) in [6.45, 7) is 5.98. The molecule has 1 N–H and O–H groups in total. The first-order chi connectivity index (χ1) is 6.22. The number of rotatable bonds is 1. The van der Waals surface area contributed by atoms with E-state index in [4.69, 9.17) is 0 Å². The van der Waals surface area contributed by atoms with E-state index in [2.05, 4.69) is 19.2 Å². The molecule has 1 saturated heterocycles. The van der Waals surface area contributed by atoms with Crippen LogP contribution in [0, 0.1) is 11.3 Å². The van der Waals surface area contributed by atoms with Crippen LogP contribution < -0.4 is 5.32 Å². The molecule has 0 bridgehead atoms. The Kier molecular flexibility index (Phi) is 2.64. The fourth-order valence-corrected chi connectivity index (χ4v) is 3.12. The van der Waals surface area contributed by atoms with Gasteiger partial charge in [-0.05, 0) is 37.0 Å². The first-order valence-electron chi connectivity index (χ1n) is 5.95. The molecule has 1 aliphatic carbocycles. The Labute approximate surface area is 82.3 Å². The Balaban J connectivity index is 1.88. The maximum absolute atomic E-state index is 3.75. The number of piperidine rings is 1. The van der Waals surface area contributed by atoms with Crippen molar-refractivity contribution in [3.05, 3.63) is 0 Å². The van der Waals surface area contributed by atoms with Gasteiger partial charge in [-0.2, -0.15) is 0 Å². The fraction of sp³-hybridized carbons (Fsp3) is 1.00. The molecule has 1 unspecified atom stereocenters. The fourth-order valence-electron chi connectivity index (χ4n) is 3.12. The summed E-state index contributed by atoms with van der Waals surface area (Å²) in [5.41, 5.74) is 0.728. The van der Waals surface area contributed by atoms with Gasteiger partial charge < -0.3 is 5.32 Å². The number of hydrogen-bond donors (Lipinski definition) is 1. The van der Waals surface area contributed by atoms with Crippen molar-refractivity contribution < 1.29 is 0 Å². The van der Waals surface area contributed by atoms with Gasteiger partial charge in [-0.15, -0.1) is 0 Å². The minimum absolute atomic E-state index is 0.728. The van der Waals surface area contributed by atoms with Crippen molar-refractivity contribution in [3.63, 3.8) is 0 Å². The van der Waals surface area contributed by atoms with Crippen LogP contribution >= 0.6 is 0 Å². The van der Waals surface area contributed by atoms with Gasteiger partial charge in [0.15, 0.2) is 0 Å². The van der Waals surface area contributed by atoms with Gasteiger partial charge >= 0.3 is 0 Å². The monoisotopic (exact) mass is 181 g/mol. The van der Waals surface area contributed by atoms with Gasteiger partial charge in [-0.1, -0.05) is 26.7 Å². The molecule has 0 radical (unpaired) electrons. The van der Waals surface area contributed by atoms with E-state index in [-0.39, 0.29) is 0 Å². The lowest BCUT2D eigenvalue weighted by Crippen LogP contribution is -2.46. The predicted molar refractivity (Wildman–Crippen MR) is 56.8 cm³/mol. The lowest BCUT2D eigenvalue weighted by atomic mass is 9.76. The Hall–Kier alpha value is -0.0400. The van der Waals surface area contributed by atoms with Gasteiger partial charge in [0.1, 0.15) is 0 Å². The van der Waals surface area contributed by atoms with Crippen molar-refractivity contribution >= 4 is 0 Å². The third-order valence-electron chi connectivity index (χ3n) is 4.19. The van der Waals surface area contributed by atoms with Gasteiger partial charge in [0.2, 0.25) is 0 Å². The van der Waals surface area contributed by atoms with Gasteiger partial charge in [-0.25, -0.2) is 0 Å². The summed E-state index contributed by atoms with van der Waals surface area (Å²) >= 11 is 0. The zero-order chi connectivity index (χ0) is 9.31. The van der Waals surface area contributed by atoms with Gasteiger partial charge in [0.05, 0.1) is 0 Å². The molecule has 1 spiro atoms. The second-order valence-electron chi connectivity index (χ2n) is 5.48. The largest absolute Gasteiger partial charge is 0.313 e. The van der Waals surface area contributed by atoms with Crippen molar-refractivity contribution in [2.24, 2.45) is 11.3 Å². The van der Waals surface area contributed by atoms with E-state index in [1.54, 1.807) is 0 Å². The molecule has 0 amide bonds. The van der Waals surface area contributed by atoms with Crippen LogP contribution in [0.1, 0.15) is 52.4 Å². The van der Waals surface area contributed by atoms with E-state index in [0.717, 1.165) is 17.4 Å². The highest BCUT2D eigenvalue weighted by atomic mass is 14.9. The molecule has 1 heterocycles. The minimum atomic E-state index is 0.728. The molecule has 1 heteroatoms. The quantitative estimate of drug-likeness (QED) is 0.656. The molecule has 1 aliphatic heterocycles. The van der Waals surface area contributed by atoms with E-state index in [9.17, 15) is 0 Å². The Morgan fingerprint density at radius 2 is 1.85 bits per heavy atom. The maximum atomic E-state index is 3.75. The van der Waals surface area contributed by atoms with Gasteiger partial charge in [0, 0.05) is 12.6 Å². The molecular formula is C12H23N. The predicted octanol–water partition coefficient (Wildman–Crippen LogP) is 2.95. The van der Waals surface area contributed by atoms with Crippen LogP contribution in [0.4, 0.5) is 0 Å². The smallest absolute Gasteiger partial charge is 0.00905 e. The average Bonchev–Trinajstić information content (AvgIpc) is 2.54. The summed E-state index contributed by atoms with van der Waals surface area (Å²) in [7, 11) is 0. The lowest BCUT2D eigenvalue weighted by Gasteiger charge is -2.39. The second kappa shape index (κ2) is 3.61. The molecule has 1 nitrogen and oxygen atoms in total. The molecule has 0 aromatic heterocycles. The van der Waals surface area contributed by atoms with Crippen molar-refractivity contribution in [3.8, 4) is 0 Å². The molecule has 1 atom stereocenters. The van der Waals surface area contributed by atoms with Crippen LogP contribution in [-0.4, -0.2) is 12.6 Å². The van der Waals surface area contributed by atoms with Crippen molar-refractivity contribution in [2.45, 2.75) is 58.4 Å². The van der Waals surface area contributed by atoms with Crippen molar-refractivity contribution in [1.82, 2.24) is 5.32 Å². The average molecular weight is 181 g/mol. The molecule has 2 aliphatic rings. The first-order valence-corrected chi connectivity index (χ1v) is 5.95. The van der Waals surface area contributed by atoms with E-state index >= 15 is 0 Å². The SMILES string of the molecule is CC(C)C1CCC2(CCCC2)CN1. The molecule has 2 rings (SSSR count). The molecule has 13 heavy (non-hydrogen) atoms. The highest BCUT2D eigenvalue weighted by molar-refractivity contribution is 4.93. The highest BCUT2D eigenvalue weighted by Gasteiger charge is 2.37. The van der Waals surface area contributed by atoms with Crippen LogP contribution in [0.15, 0.2) is 0 Å². The van der Waals surface area contributed by atoms with Gasteiger partial charge in [-0.3, -0.25) is 0 Å². The summed E-state index contributed by atoms with van der Waals surface area (Å²) in [6, 6.07) is 0.797. The topological polar surface area (TPSA) is 12.0 Å². The minimum Gasteiger partial charge on any atom is -0.313 e. The maximum Gasteiger partial charge on any atom is 0.00905 e. The molecule has 76 valence electrons. The van der Waals surface area contributed by atoms with E-state index < -0.39 is 0 Å². The van der Waals surface area contributed by atoms with Crippen molar-refractivity contribution in [2.75, 3.05) is 6.54 Å². The Bertz CT molecular complexity index is 158. The Morgan fingerprint density at radius 1 is 1.15 bits per heavy atom. The Morgan fingerprint density at radius 3 is 2.31 bits per heavy atom. The number of hydrogen-bond acceptors (Lipinski definition) is 1. The summed E-state index contributed by atoms with van der Waals surface area (Å²) in [6.07, 6.45) is 8.85. The summed E-state index contributed by atoms with van der Waals surface area (Å²) in [5, 5.41) is 3.75. The lowest BCUT2D eigenvalue weighted by molar-refractivity contribution is 0.163. The third kappa shape index (κ3) is 1.90. The molecule has 0 aromatic rings. The van der Waals surface area contributed by atoms with Gasteiger partial charge in [0.25, 0.3) is 0 Å². The summed E-state index contributed by atoms with van der Waals surface area (Å²) < 4.78 is 0. The van der Waals surface area contributed by atoms with Crippen LogP contribution in [0.3, 0.4) is 0 Å². The molecule has 1 saturated carbocycles. The number of nitrogens with one attached hydrogen (secondary N) is 1. The van der Waals surface area contributed by atoms with E-state index in [0.29, 0.717) is 0 Å². The molecule has 2 fully saturated rings. The molecular weight excluding hydrogens is 158 g/mol. The zero-order valence-electron chi connectivity index (χ0n) is 9.10. The van der Waals surface area contributed by atoms with Crippen LogP contribution in [0.25, 0.3) is 0 Å². The normalized spacial score (nSPS) is 33.0. The molecule has 0 aromatic carbocycles. The summed E-state index contributed by atoms with van der Waals surface area (Å²) in [5.74, 6) is 0.818. The van der Waals surface area contributed by atoms with E-state index in [1.807, 2.05) is 0 Å². The van der Waals surface area contributed by atoms with Crippen LogP contribution in [-0.2, 0) is 0 Å². The standard InChI is InChI=1S/C12H23N/c1-10(2)11-5-8-12(9-13-11)6-3-4-7-12/h10-11,13H,3-9H2,1-2H3. The van der Waals surface area contributed by atoms with Crippen molar-refractivity contribution in [1.29, 1.82) is 0 Å². The third-order valence-corrected chi connectivity index (χ3v) is 4.19. The highest BCUT2D eigenvalue weighted by Crippen LogP contribution is 2.44. The van der Waals surface area contributed by atoms with Crippen LogP contribution in [0.2, 0.25) is 0 Å².